The van der Waals surface area contributed by atoms with Crippen LogP contribution in [0, 0.1) is 18.3 Å². The van der Waals surface area contributed by atoms with Crippen LogP contribution >= 0.6 is 11.3 Å². The predicted molar refractivity (Wildman–Crippen MR) is 122 cm³/mol. The number of fused-ring (bicyclic) bond motifs is 1. The highest BCUT2D eigenvalue weighted by molar-refractivity contribution is 7.20. The minimum absolute atomic E-state index is 0.0884. The Morgan fingerprint density at radius 1 is 1.33 bits per heavy atom. The van der Waals surface area contributed by atoms with Gasteiger partial charge in [-0.2, -0.15) is 10.4 Å². The highest BCUT2D eigenvalue weighted by Gasteiger charge is 2.26. The molecule has 0 aliphatic heterocycles. The Hall–Kier alpha value is -3.52. The second kappa shape index (κ2) is 9.15. The number of anilines is 1. The molecule has 1 saturated carbocycles. The first-order chi connectivity index (χ1) is 15.8. The van der Waals surface area contributed by atoms with Crippen LogP contribution in [0.2, 0.25) is 0 Å². The van der Waals surface area contributed by atoms with Crippen molar-refractivity contribution < 1.29 is 14.3 Å². The van der Waals surface area contributed by atoms with Crippen LogP contribution in [-0.2, 0) is 16.6 Å². The van der Waals surface area contributed by atoms with Gasteiger partial charge in [0.25, 0.3) is 5.56 Å². The molecule has 1 fully saturated rings. The number of nitrogens with zero attached hydrogens (tertiary/aromatic N) is 5. The summed E-state index contributed by atoms with van der Waals surface area (Å²) in [6.45, 7) is 3.26. The van der Waals surface area contributed by atoms with Gasteiger partial charge in [-0.3, -0.25) is 18.8 Å². The molecule has 1 atom stereocenters. The van der Waals surface area contributed by atoms with Crippen molar-refractivity contribution >= 4 is 39.2 Å². The second-order valence-corrected chi connectivity index (χ2v) is 9.17. The van der Waals surface area contributed by atoms with Gasteiger partial charge in [-0.05, 0) is 45.1 Å². The Bertz CT molecular complexity index is 1330. The number of hydrogen-bond acceptors (Lipinski definition) is 8. The fraction of sp³-hybridized carbons (Fsp3) is 0.455. The number of carbonyl (C=O) groups is 2. The van der Waals surface area contributed by atoms with Gasteiger partial charge in [0.2, 0.25) is 5.91 Å². The molecule has 0 bridgehead atoms. The van der Waals surface area contributed by atoms with E-state index in [1.165, 1.54) is 21.8 Å². The van der Waals surface area contributed by atoms with Crippen LogP contribution in [0.5, 0.6) is 0 Å². The predicted octanol–water partition coefficient (Wildman–Crippen LogP) is 3.06. The Morgan fingerprint density at radius 3 is 2.76 bits per heavy atom. The van der Waals surface area contributed by atoms with Crippen molar-refractivity contribution in [2.24, 2.45) is 7.05 Å². The number of ether oxygens (including phenoxy) is 1. The lowest BCUT2D eigenvalue weighted by molar-refractivity contribution is -0.118. The third-order valence-electron chi connectivity index (χ3n) is 5.98. The van der Waals surface area contributed by atoms with E-state index in [0.29, 0.717) is 20.7 Å². The highest BCUT2D eigenvalue weighted by atomic mass is 32.1. The molecule has 1 unspecified atom stereocenters. The van der Waals surface area contributed by atoms with Crippen LogP contribution in [0.4, 0.5) is 5.82 Å². The molecule has 1 amide bonds. The van der Waals surface area contributed by atoms with Crippen LogP contribution in [0.3, 0.4) is 0 Å². The van der Waals surface area contributed by atoms with Gasteiger partial charge in [-0.25, -0.2) is 9.78 Å². The number of nitriles is 1. The number of amides is 1. The molecule has 11 heteroatoms. The molecule has 4 rings (SSSR count). The van der Waals surface area contributed by atoms with E-state index in [1.807, 2.05) is 6.07 Å². The van der Waals surface area contributed by atoms with E-state index >= 15 is 0 Å². The summed E-state index contributed by atoms with van der Waals surface area (Å²) in [5.41, 5.74) is 0.307. The van der Waals surface area contributed by atoms with E-state index in [-0.39, 0.29) is 17.5 Å². The van der Waals surface area contributed by atoms with Gasteiger partial charge in [0.1, 0.15) is 39.3 Å². The van der Waals surface area contributed by atoms with Crippen molar-refractivity contribution in [3.63, 3.8) is 0 Å². The Morgan fingerprint density at radius 2 is 2.06 bits per heavy atom. The molecule has 1 aliphatic carbocycles. The summed E-state index contributed by atoms with van der Waals surface area (Å²) in [5.74, 6) is -0.682. The van der Waals surface area contributed by atoms with E-state index in [4.69, 9.17) is 4.74 Å². The maximum Gasteiger partial charge on any atom is 0.348 e. The summed E-state index contributed by atoms with van der Waals surface area (Å²) < 4.78 is 8.27. The number of esters is 1. The quantitative estimate of drug-likeness (QED) is 0.569. The summed E-state index contributed by atoms with van der Waals surface area (Å²) in [7, 11) is 1.60. The number of aryl methyl sites for hydroxylation is 2. The molecule has 3 aromatic rings. The standard InChI is InChI=1S/C22H24N6O4S/c1-12-16-20(33-17(12)22(31)32-15-7-5-4-6-8-15)24-11-28(21(16)30)13(2)19(29)26-18-14(9-23)10-25-27(18)3/h10-11,13,15H,4-8H2,1-3H3,(H,26,29). The Labute approximate surface area is 193 Å². The van der Waals surface area contributed by atoms with E-state index in [9.17, 15) is 19.6 Å². The van der Waals surface area contributed by atoms with Gasteiger partial charge in [0.15, 0.2) is 0 Å². The minimum atomic E-state index is -0.909. The lowest BCUT2D eigenvalue weighted by Crippen LogP contribution is -2.32. The zero-order valence-electron chi connectivity index (χ0n) is 18.6. The van der Waals surface area contributed by atoms with Crippen molar-refractivity contribution in [2.75, 3.05) is 5.32 Å². The smallest absolute Gasteiger partial charge is 0.348 e. The molecule has 3 heterocycles. The molecular weight excluding hydrogens is 444 g/mol. The average molecular weight is 469 g/mol. The number of aromatic nitrogens is 4. The van der Waals surface area contributed by atoms with Gasteiger partial charge in [0, 0.05) is 7.05 Å². The van der Waals surface area contributed by atoms with Gasteiger partial charge in [-0.1, -0.05) is 6.42 Å². The zero-order valence-corrected chi connectivity index (χ0v) is 19.4. The summed E-state index contributed by atoms with van der Waals surface area (Å²) in [4.78, 5) is 43.9. The van der Waals surface area contributed by atoms with Gasteiger partial charge in [0.05, 0.1) is 17.9 Å². The topological polar surface area (TPSA) is 132 Å². The monoisotopic (exact) mass is 468 g/mol. The Kier molecular flexibility index (Phi) is 6.29. The first-order valence-electron chi connectivity index (χ1n) is 10.8. The van der Waals surface area contributed by atoms with E-state index in [1.54, 1.807) is 20.9 Å². The number of nitrogens with one attached hydrogen (secondary N) is 1. The minimum Gasteiger partial charge on any atom is -0.458 e. The summed E-state index contributed by atoms with van der Waals surface area (Å²) in [6, 6.07) is 1.06. The molecule has 10 nitrogen and oxygen atoms in total. The summed E-state index contributed by atoms with van der Waals surface area (Å²) in [5, 5.41) is 16.1. The molecule has 1 N–H and O–H groups in total. The fourth-order valence-corrected chi connectivity index (χ4v) is 5.03. The lowest BCUT2D eigenvalue weighted by atomic mass is 9.98. The van der Waals surface area contributed by atoms with Crippen molar-refractivity contribution in [1.29, 1.82) is 5.26 Å². The largest absolute Gasteiger partial charge is 0.458 e. The number of rotatable bonds is 5. The van der Waals surface area contributed by atoms with Crippen LogP contribution in [0.15, 0.2) is 17.3 Å². The molecule has 0 saturated heterocycles. The van der Waals surface area contributed by atoms with Crippen LogP contribution in [0.25, 0.3) is 10.2 Å². The highest BCUT2D eigenvalue weighted by Crippen LogP contribution is 2.30. The van der Waals surface area contributed by atoms with Crippen LogP contribution in [0.1, 0.15) is 65.9 Å². The average Bonchev–Trinajstić information content (AvgIpc) is 3.34. The number of carbonyl (C=O) groups excluding carboxylic acids is 2. The lowest BCUT2D eigenvalue weighted by Gasteiger charge is -2.21. The van der Waals surface area contributed by atoms with Gasteiger partial charge >= 0.3 is 5.97 Å². The van der Waals surface area contributed by atoms with Crippen LogP contribution < -0.4 is 10.9 Å². The maximum absolute atomic E-state index is 13.2. The van der Waals surface area contributed by atoms with Crippen molar-refractivity contribution in [3.05, 3.63) is 38.9 Å². The number of thiophene rings is 1. The molecule has 3 aromatic heterocycles. The molecule has 1 aliphatic rings. The first kappa shape index (κ1) is 22.7. The molecular formula is C22H24N6O4S. The molecule has 0 radical (unpaired) electrons. The van der Waals surface area contributed by atoms with E-state index in [0.717, 1.165) is 43.4 Å². The second-order valence-electron chi connectivity index (χ2n) is 8.17. The first-order valence-corrected chi connectivity index (χ1v) is 11.6. The summed E-state index contributed by atoms with van der Waals surface area (Å²) in [6.07, 6.45) is 7.53. The summed E-state index contributed by atoms with van der Waals surface area (Å²) >= 11 is 1.13. The third-order valence-corrected chi connectivity index (χ3v) is 7.16. The van der Waals surface area contributed by atoms with E-state index < -0.39 is 23.5 Å². The fourth-order valence-electron chi connectivity index (χ4n) is 4.01. The maximum atomic E-state index is 13.2. The van der Waals surface area contributed by atoms with Gasteiger partial charge < -0.3 is 10.1 Å². The normalized spacial score (nSPS) is 15.2. The third kappa shape index (κ3) is 4.26. The number of hydrogen-bond donors (Lipinski definition) is 1. The van der Waals surface area contributed by atoms with Crippen molar-refractivity contribution in [2.45, 2.75) is 58.1 Å². The zero-order chi connectivity index (χ0) is 23.7. The molecule has 172 valence electrons. The van der Waals surface area contributed by atoms with E-state index in [2.05, 4.69) is 15.4 Å². The van der Waals surface area contributed by atoms with Gasteiger partial charge in [-0.15, -0.1) is 11.3 Å². The van der Waals surface area contributed by atoms with Crippen molar-refractivity contribution in [3.8, 4) is 6.07 Å². The molecule has 0 aromatic carbocycles. The van der Waals surface area contributed by atoms with Crippen molar-refractivity contribution in [1.82, 2.24) is 19.3 Å². The SMILES string of the molecule is Cc1c(C(=O)OC2CCCCC2)sc2ncn(C(C)C(=O)Nc3c(C#N)cnn3C)c(=O)c12. The molecule has 33 heavy (non-hydrogen) atoms. The molecule has 0 spiro atoms. The van der Waals surface area contributed by atoms with Crippen LogP contribution in [-0.4, -0.2) is 37.3 Å². The Balaban J connectivity index is 1.61.